The topological polar surface area (TPSA) is 79.5 Å². The average Bonchev–Trinajstić information content (AvgIpc) is 2.65. The Hall–Kier alpha value is -2.37. The van der Waals surface area contributed by atoms with E-state index in [1.807, 2.05) is 0 Å². The summed E-state index contributed by atoms with van der Waals surface area (Å²) in [5, 5.41) is 11.7. The number of fused-ring (bicyclic) bond motifs is 1. The summed E-state index contributed by atoms with van der Waals surface area (Å²) in [4.78, 5) is 22.6. The highest BCUT2D eigenvalue weighted by molar-refractivity contribution is 5.99. The number of benzene rings is 1. The first-order valence-corrected chi connectivity index (χ1v) is 6.09. The minimum absolute atomic E-state index is 0.0721. The number of carbonyl (C=O) groups is 2. The third-order valence-corrected chi connectivity index (χ3v) is 2.96. The maximum Gasteiger partial charge on any atom is 0.305 e. The summed E-state index contributed by atoms with van der Waals surface area (Å²) in [6, 6.07) is 3.48. The number of carboxylic acid groups (broad SMARTS) is 1. The molecule has 0 saturated carbocycles. The van der Waals surface area contributed by atoms with Gasteiger partial charge < -0.3 is 14.8 Å². The molecule has 1 unspecified atom stereocenters. The molecule has 5 nitrogen and oxygen atoms in total. The number of furan rings is 1. The van der Waals surface area contributed by atoms with Gasteiger partial charge in [-0.2, -0.15) is 0 Å². The molecule has 0 radical (unpaired) electrons. The molecule has 0 aliphatic carbocycles. The predicted octanol–water partition coefficient (Wildman–Crippen LogP) is 2.47. The zero-order valence-electron chi connectivity index (χ0n) is 11.1. The molecule has 0 aliphatic heterocycles. The van der Waals surface area contributed by atoms with Crippen LogP contribution in [-0.4, -0.2) is 23.0 Å². The summed E-state index contributed by atoms with van der Waals surface area (Å²) >= 11 is 0. The van der Waals surface area contributed by atoms with Gasteiger partial charge in [0.1, 0.15) is 11.4 Å². The van der Waals surface area contributed by atoms with Gasteiger partial charge in [-0.15, -0.1) is 0 Å². The van der Waals surface area contributed by atoms with E-state index in [0.717, 1.165) is 0 Å². The van der Waals surface area contributed by atoms with E-state index in [0.29, 0.717) is 16.5 Å². The number of hydrogen-bond acceptors (Lipinski definition) is 3. The second-order valence-corrected chi connectivity index (χ2v) is 4.67. The molecular weight excluding hydrogens is 265 g/mol. The molecule has 0 spiro atoms. The summed E-state index contributed by atoms with van der Waals surface area (Å²) in [5.41, 5.74) is 0.944. The van der Waals surface area contributed by atoms with Crippen molar-refractivity contribution in [2.75, 3.05) is 0 Å². The second-order valence-electron chi connectivity index (χ2n) is 4.67. The maximum absolute atomic E-state index is 13.2. The third-order valence-electron chi connectivity index (χ3n) is 2.96. The van der Waals surface area contributed by atoms with Crippen LogP contribution in [0.1, 0.15) is 29.5 Å². The lowest BCUT2D eigenvalue weighted by Gasteiger charge is -2.10. The van der Waals surface area contributed by atoms with Crippen LogP contribution in [0.5, 0.6) is 0 Å². The minimum Gasteiger partial charge on any atom is -0.481 e. The maximum atomic E-state index is 13.2. The normalized spacial score (nSPS) is 12.3. The van der Waals surface area contributed by atoms with E-state index in [1.54, 1.807) is 13.8 Å². The van der Waals surface area contributed by atoms with Crippen LogP contribution in [0.2, 0.25) is 0 Å². The lowest BCUT2D eigenvalue weighted by atomic mass is 10.1. The zero-order valence-corrected chi connectivity index (χ0v) is 11.1. The molecule has 1 atom stereocenters. The van der Waals surface area contributed by atoms with Gasteiger partial charge in [0.15, 0.2) is 5.76 Å². The number of aliphatic carboxylic acids is 1. The summed E-state index contributed by atoms with van der Waals surface area (Å²) < 4.78 is 18.6. The van der Waals surface area contributed by atoms with Crippen molar-refractivity contribution in [2.24, 2.45) is 0 Å². The number of hydrogen-bond donors (Lipinski definition) is 2. The average molecular weight is 279 g/mol. The van der Waals surface area contributed by atoms with Gasteiger partial charge in [-0.3, -0.25) is 9.59 Å². The van der Waals surface area contributed by atoms with Crippen molar-refractivity contribution >= 4 is 22.8 Å². The second kappa shape index (κ2) is 5.32. The van der Waals surface area contributed by atoms with Gasteiger partial charge in [0, 0.05) is 17.0 Å². The van der Waals surface area contributed by atoms with Gasteiger partial charge in [0.25, 0.3) is 5.91 Å². The van der Waals surface area contributed by atoms with Crippen LogP contribution in [0.4, 0.5) is 4.39 Å². The molecule has 106 valence electrons. The molecule has 1 heterocycles. The fourth-order valence-electron chi connectivity index (χ4n) is 2.01. The van der Waals surface area contributed by atoms with E-state index in [1.165, 1.54) is 18.2 Å². The first-order valence-electron chi connectivity index (χ1n) is 6.09. The van der Waals surface area contributed by atoms with Crippen molar-refractivity contribution in [3.8, 4) is 0 Å². The molecule has 2 rings (SSSR count). The third kappa shape index (κ3) is 2.79. The molecule has 20 heavy (non-hydrogen) atoms. The Bertz CT molecular complexity index is 677. The SMILES string of the molecule is Cc1c(C(=O)NC(C)CC(=O)O)oc2ccc(F)cc12. The molecule has 1 aromatic carbocycles. The number of amides is 1. The Morgan fingerprint density at radius 1 is 1.45 bits per heavy atom. The van der Waals surface area contributed by atoms with Crippen molar-refractivity contribution in [1.82, 2.24) is 5.32 Å². The molecule has 6 heteroatoms. The van der Waals surface area contributed by atoms with E-state index in [9.17, 15) is 14.0 Å². The van der Waals surface area contributed by atoms with Crippen molar-refractivity contribution in [3.63, 3.8) is 0 Å². The highest BCUT2D eigenvalue weighted by Gasteiger charge is 2.20. The van der Waals surface area contributed by atoms with Crippen LogP contribution >= 0.6 is 0 Å². The van der Waals surface area contributed by atoms with Gasteiger partial charge in [-0.25, -0.2) is 4.39 Å². The fraction of sp³-hybridized carbons (Fsp3) is 0.286. The van der Waals surface area contributed by atoms with E-state index < -0.39 is 23.7 Å². The van der Waals surface area contributed by atoms with E-state index in [4.69, 9.17) is 9.52 Å². The van der Waals surface area contributed by atoms with Crippen LogP contribution < -0.4 is 5.32 Å². The van der Waals surface area contributed by atoms with Crippen molar-refractivity contribution in [2.45, 2.75) is 26.3 Å². The lowest BCUT2D eigenvalue weighted by molar-refractivity contribution is -0.137. The molecule has 0 saturated heterocycles. The first-order chi connectivity index (χ1) is 9.38. The molecule has 0 aliphatic rings. The number of aryl methyl sites for hydroxylation is 1. The number of carbonyl (C=O) groups excluding carboxylic acids is 1. The van der Waals surface area contributed by atoms with Crippen molar-refractivity contribution in [1.29, 1.82) is 0 Å². The smallest absolute Gasteiger partial charge is 0.305 e. The Labute approximate surface area is 114 Å². The molecular formula is C14H14FNO4. The molecule has 1 aromatic heterocycles. The standard InChI is InChI=1S/C14H14FNO4/c1-7(5-12(17)18)16-14(19)13-8(2)10-6-9(15)3-4-11(10)20-13/h3-4,6-7H,5H2,1-2H3,(H,16,19)(H,17,18). The Morgan fingerprint density at radius 2 is 2.15 bits per heavy atom. The number of halogens is 1. The molecule has 0 fully saturated rings. The fourth-order valence-corrected chi connectivity index (χ4v) is 2.01. The minimum atomic E-state index is -0.999. The zero-order chi connectivity index (χ0) is 14.9. The summed E-state index contributed by atoms with van der Waals surface area (Å²) in [5.74, 6) is -1.84. The highest BCUT2D eigenvalue weighted by Crippen LogP contribution is 2.25. The molecule has 2 aromatic rings. The van der Waals surface area contributed by atoms with Gasteiger partial charge >= 0.3 is 5.97 Å². The lowest BCUT2D eigenvalue weighted by Crippen LogP contribution is -2.34. The van der Waals surface area contributed by atoms with Crippen molar-refractivity contribution < 1.29 is 23.5 Å². The monoisotopic (exact) mass is 279 g/mol. The Balaban J connectivity index is 2.26. The van der Waals surface area contributed by atoms with Crippen LogP contribution in [-0.2, 0) is 4.79 Å². The Kier molecular flexibility index (Phi) is 3.74. The summed E-state index contributed by atoms with van der Waals surface area (Å²) in [6.07, 6.45) is -0.181. The molecule has 0 bridgehead atoms. The highest BCUT2D eigenvalue weighted by atomic mass is 19.1. The van der Waals surface area contributed by atoms with Crippen LogP contribution in [0, 0.1) is 12.7 Å². The summed E-state index contributed by atoms with van der Waals surface area (Å²) in [6.45, 7) is 3.24. The van der Waals surface area contributed by atoms with Crippen LogP contribution in [0.15, 0.2) is 22.6 Å². The van der Waals surface area contributed by atoms with Crippen LogP contribution in [0.3, 0.4) is 0 Å². The number of nitrogens with one attached hydrogen (secondary N) is 1. The molecule has 2 N–H and O–H groups in total. The first kappa shape index (κ1) is 14.0. The largest absolute Gasteiger partial charge is 0.481 e. The quantitative estimate of drug-likeness (QED) is 0.901. The van der Waals surface area contributed by atoms with Gasteiger partial charge in [-0.1, -0.05) is 0 Å². The van der Waals surface area contributed by atoms with E-state index in [-0.39, 0.29) is 12.2 Å². The van der Waals surface area contributed by atoms with Crippen LogP contribution in [0.25, 0.3) is 11.0 Å². The number of rotatable bonds is 4. The van der Waals surface area contributed by atoms with E-state index in [2.05, 4.69) is 5.32 Å². The van der Waals surface area contributed by atoms with E-state index >= 15 is 0 Å². The number of carboxylic acids is 1. The van der Waals surface area contributed by atoms with Crippen molar-refractivity contribution in [3.05, 3.63) is 35.3 Å². The van der Waals surface area contributed by atoms with Gasteiger partial charge in [0.05, 0.1) is 6.42 Å². The van der Waals surface area contributed by atoms with Gasteiger partial charge in [0.2, 0.25) is 0 Å². The predicted molar refractivity (Wildman–Crippen MR) is 70.1 cm³/mol. The molecule has 1 amide bonds. The van der Waals surface area contributed by atoms with Gasteiger partial charge in [-0.05, 0) is 32.0 Å². The Morgan fingerprint density at radius 3 is 2.80 bits per heavy atom. The summed E-state index contributed by atoms with van der Waals surface area (Å²) in [7, 11) is 0.